The molecule has 0 radical (unpaired) electrons. The predicted octanol–water partition coefficient (Wildman–Crippen LogP) is 3.16. The van der Waals surface area contributed by atoms with Crippen molar-refractivity contribution in [2.45, 2.75) is 19.4 Å². The standard InChI is InChI=1S/C21H19N3O3/c1-13-2-5-20-23-18(12-24(20)11-13)17-8-14-3-4-15(9-19(14)27-21(17)25)26-16-6-7-22-10-16/h2-5,8-9,11-12,16,22H,6-7,10H2,1H3. The molecule has 1 atom stereocenters. The maximum Gasteiger partial charge on any atom is 0.345 e. The fraction of sp³-hybridized carbons (Fsp3) is 0.238. The van der Waals surface area contributed by atoms with E-state index in [2.05, 4.69) is 10.3 Å². The quantitative estimate of drug-likeness (QED) is 0.568. The number of aromatic nitrogens is 2. The first-order valence-electron chi connectivity index (χ1n) is 9.07. The Morgan fingerprint density at radius 2 is 2.15 bits per heavy atom. The van der Waals surface area contributed by atoms with Gasteiger partial charge in [-0.3, -0.25) is 0 Å². The van der Waals surface area contributed by atoms with E-state index < -0.39 is 5.63 Å². The highest BCUT2D eigenvalue weighted by Crippen LogP contribution is 2.25. The highest BCUT2D eigenvalue weighted by molar-refractivity contribution is 5.82. The minimum Gasteiger partial charge on any atom is -0.489 e. The first-order valence-corrected chi connectivity index (χ1v) is 9.07. The number of hydrogen-bond acceptors (Lipinski definition) is 5. The maximum atomic E-state index is 12.6. The molecule has 0 amide bonds. The summed E-state index contributed by atoms with van der Waals surface area (Å²) >= 11 is 0. The third-order valence-electron chi connectivity index (χ3n) is 4.90. The Morgan fingerprint density at radius 1 is 1.22 bits per heavy atom. The van der Waals surface area contributed by atoms with Crippen LogP contribution in [0.4, 0.5) is 0 Å². The molecule has 4 aromatic rings. The molecule has 1 aliphatic rings. The second kappa shape index (κ2) is 6.25. The van der Waals surface area contributed by atoms with Crippen LogP contribution in [-0.2, 0) is 0 Å². The highest BCUT2D eigenvalue weighted by Gasteiger charge is 2.17. The Balaban J connectivity index is 1.54. The number of benzene rings is 1. The predicted molar refractivity (Wildman–Crippen MR) is 103 cm³/mol. The van der Waals surface area contributed by atoms with Gasteiger partial charge >= 0.3 is 5.63 Å². The van der Waals surface area contributed by atoms with E-state index in [0.29, 0.717) is 16.8 Å². The fourth-order valence-corrected chi connectivity index (χ4v) is 3.50. The summed E-state index contributed by atoms with van der Waals surface area (Å²) in [7, 11) is 0. The highest BCUT2D eigenvalue weighted by atomic mass is 16.5. The lowest BCUT2D eigenvalue weighted by atomic mass is 10.1. The number of ether oxygens (including phenoxy) is 1. The van der Waals surface area contributed by atoms with Crippen LogP contribution < -0.4 is 15.7 Å². The van der Waals surface area contributed by atoms with Gasteiger partial charge in [0.25, 0.3) is 0 Å². The van der Waals surface area contributed by atoms with Crippen molar-refractivity contribution >= 4 is 16.6 Å². The SMILES string of the molecule is Cc1ccc2nc(-c3cc4ccc(OC5CCNC5)cc4oc3=O)cn2c1. The van der Waals surface area contributed by atoms with Crippen LogP contribution in [0.5, 0.6) is 5.75 Å². The second-order valence-corrected chi connectivity index (χ2v) is 6.98. The van der Waals surface area contributed by atoms with E-state index in [-0.39, 0.29) is 6.10 Å². The summed E-state index contributed by atoms with van der Waals surface area (Å²) in [6.45, 7) is 3.83. The summed E-state index contributed by atoms with van der Waals surface area (Å²) in [6, 6.07) is 11.4. The Hall–Kier alpha value is -3.12. The number of imidazole rings is 1. The summed E-state index contributed by atoms with van der Waals surface area (Å²) in [5.41, 5.74) is 3.10. The number of rotatable bonds is 3. The van der Waals surface area contributed by atoms with Gasteiger partial charge in [0.2, 0.25) is 0 Å². The molecule has 1 aliphatic heterocycles. The summed E-state index contributed by atoms with van der Waals surface area (Å²) in [5.74, 6) is 0.718. The summed E-state index contributed by atoms with van der Waals surface area (Å²) < 4.78 is 13.4. The molecule has 0 aliphatic carbocycles. The molecule has 27 heavy (non-hydrogen) atoms. The molecule has 1 saturated heterocycles. The summed E-state index contributed by atoms with van der Waals surface area (Å²) in [5, 5.41) is 4.11. The third-order valence-corrected chi connectivity index (χ3v) is 4.90. The van der Waals surface area contributed by atoms with Crippen LogP contribution in [0, 0.1) is 6.92 Å². The molecule has 6 heteroatoms. The van der Waals surface area contributed by atoms with E-state index in [1.807, 2.05) is 54.0 Å². The van der Waals surface area contributed by atoms with Gasteiger partial charge in [0, 0.05) is 30.4 Å². The zero-order chi connectivity index (χ0) is 18.4. The van der Waals surface area contributed by atoms with E-state index in [9.17, 15) is 4.79 Å². The maximum absolute atomic E-state index is 12.6. The second-order valence-electron chi connectivity index (χ2n) is 6.98. The molecule has 5 rings (SSSR count). The van der Waals surface area contributed by atoms with Gasteiger partial charge in [-0.05, 0) is 49.7 Å². The average Bonchev–Trinajstić information content (AvgIpc) is 3.30. The van der Waals surface area contributed by atoms with Gasteiger partial charge in [-0.15, -0.1) is 0 Å². The van der Waals surface area contributed by atoms with Gasteiger partial charge in [0.15, 0.2) is 0 Å². The molecule has 4 heterocycles. The van der Waals surface area contributed by atoms with Gasteiger partial charge in [0.1, 0.15) is 23.1 Å². The molecular weight excluding hydrogens is 342 g/mol. The van der Waals surface area contributed by atoms with Crippen LogP contribution in [0.25, 0.3) is 27.9 Å². The lowest BCUT2D eigenvalue weighted by Crippen LogP contribution is -2.19. The molecule has 0 bridgehead atoms. The smallest absolute Gasteiger partial charge is 0.345 e. The lowest BCUT2D eigenvalue weighted by molar-refractivity contribution is 0.223. The van der Waals surface area contributed by atoms with Crippen LogP contribution in [-0.4, -0.2) is 28.6 Å². The van der Waals surface area contributed by atoms with Crippen LogP contribution >= 0.6 is 0 Å². The van der Waals surface area contributed by atoms with E-state index in [1.165, 1.54) is 0 Å². The van der Waals surface area contributed by atoms with Gasteiger partial charge in [-0.2, -0.15) is 0 Å². The summed E-state index contributed by atoms with van der Waals surface area (Å²) in [4.78, 5) is 17.1. The topological polar surface area (TPSA) is 68.8 Å². The van der Waals surface area contributed by atoms with Crippen molar-refractivity contribution < 1.29 is 9.15 Å². The number of nitrogens with one attached hydrogen (secondary N) is 1. The van der Waals surface area contributed by atoms with Crippen LogP contribution in [0.15, 0.2) is 58.0 Å². The molecule has 1 aromatic carbocycles. The number of pyridine rings is 1. The molecule has 0 spiro atoms. The zero-order valence-electron chi connectivity index (χ0n) is 14.9. The Kier molecular flexibility index (Phi) is 3.72. The number of hydrogen-bond donors (Lipinski definition) is 1. The number of fused-ring (bicyclic) bond motifs is 2. The monoisotopic (exact) mass is 361 g/mol. The van der Waals surface area contributed by atoms with Crippen LogP contribution in [0.1, 0.15) is 12.0 Å². The minimum atomic E-state index is -0.401. The van der Waals surface area contributed by atoms with Crippen LogP contribution in [0.3, 0.4) is 0 Å². The Labute approximate surface area is 155 Å². The van der Waals surface area contributed by atoms with E-state index >= 15 is 0 Å². The normalized spacial score (nSPS) is 17.0. The van der Waals surface area contributed by atoms with Crippen molar-refractivity contribution in [1.29, 1.82) is 0 Å². The van der Waals surface area contributed by atoms with Gasteiger partial charge < -0.3 is 18.9 Å². The third kappa shape index (κ3) is 2.98. The Bertz CT molecular complexity index is 1200. The van der Waals surface area contributed by atoms with Crippen molar-refractivity contribution in [2.24, 2.45) is 0 Å². The Morgan fingerprint density at radius 3 is 3.00 bits per heavy atom. The molecular formula is C21H19N3O3. The molecule has 1 fully saturated rings. The molecule has 3 aromatic heterocycles. The van der Waals surface area contributed by atoms with Crippen LogP contribution in [0.2, 0.25) is 0 Å². The molecule has 1 N–H and O–H groups in total. The van der Waals surface area contributed by atoms with Crippen molar-refractivity contribution in [3.05, 3.63) is 64.8 Å². The van der Waals surface area contributed by atoms with Crippen molar-refractivity contribution in [3.8, 4) is 17.0 Å². The number of aryl methyl sites for hydroxylation is 1. The number of nitrogens with zero attached hydrogens (tertiary/aromatic N) is 2. The largest absolute Gasteiger partial charge is 0.489 e. The van der Waals surface area contributed by atoms with Gasteiger partial charge in [-0.25, -0.2) is 9.78 Å². The van der Waals surface area contributed by atoms with Gasteiger partial charge in [-0.1, -0.05) is 6.07 Å². The fourth-order valence-electron chi connectivity index (χ4n) is 3.50. The van der Waals surface area contributed by atoms with E-state index in [0.717, 1.165) is 41.9 Å². The molecule has 1 unspecified atom stereocenters. The van der Waals surface area contributed by atoms with E-state index in [1.54, 1.807) is 6.07 Å². The minimum absolute atomic E-state index is 0.162. The van der Waals surface area contributed by atoms with Crippen molar-refractivity contribution in [3.63, 3.8) is 0 Å². The summed E-state index contributed by atoms with van der Waals surface area (Å²) in [6.07, 6.45) is 4.98. The zero-order valence-corrected chi connectivity index (χ0v) is 14.9. The van der Waals surface area contributed by atoms with E-state index in [4.69, 9.17) is 9.15 Å². The first kappa shape index (κ1) is 16.1. The first-order chi connectivity index (χ1) is 13.2. The molecule has 136 valence electrons. The lowest BCUT2D eigenvalue weighted by Gasteiger charge is -2.12. The van der Waals surface area contributed by atoms with Crippen molar-refractivity contribution in [1.82, 2.24) is 14.7 Å². The van der Waals surface area contributed by atoms with Crippen molar-refractivity contribution in [2.75, 3.05) is 13.1 Å². The van der Waals surface area contributed by atoms with Gasteiger partial charge in [0.05, 0.1) is 11.3 Å². The average molecular weight is 361 g/mol. The molecule has 0 saturated carbocycles. The molecule has 6 nitrogen and oxygen atoms in total.